The Morgan fingerprint density at radius 2 is 1.77 bits per heavy atom. The highest BCUT2D eigenvalue weighted by Crippen LogP contribution is 2.43. The fourth-order valence-electron chi connectivity index (χ4n) is 4.83. The van der Waals surface area contributed by atoms with Crippen LogP contribution in [0.25, 0.3) is 22.0 Å². The zero-order valence-corrected chi connectivity index (χ0v) is 18.0. The van der Waals surface area contributed by atoms with Gasteiger partial charge in [0.2, 0.25) is 0 Å². The number of methoxy groups -OCH3 is 2. The number of hydrogen-bond donors (Lipinski definition) is 0. The summed E-state index contributed by atoms with van der Waals surface area (Å²) in [7, 11) is -0.168. The Hall–Kier alpha value is -3.13. The molecule has 0 bridgehead atoms. The molecule has 0 N–H and O–H groups in total. The average Bonchev–Trinajstić information content (AvgIpc) is 3.26. The van der Waals surface area contributed by atoms with Crippen LogP contribution in [-0.2, 0) is 16.4 Å². The summed E-state index contributed by atoms with van der Waals surface area (Å²) in [5.74, 6) is 0.472. The lowest BCUT2D eigenvalue weighted by Gasteiger charge is -2.19. The second kappa shape index (κ2) is 6.95. The Balaban J connectivity index is 1.86. The predicted molar refractivity (Wildman–Crippen MR) is 117 cm³/mol. The van der Waals surface area contributed by atoms with Gasteiger partial charge < -0.3 is 14.0 Å². The molecule has 2 heterocycles. The Labute approximate surface area is 179 Å². The fourth-order valence-corrected chi connectivity index (χ4v) is 6.68. The van der Waals surface area contributed by atoms with Crippen molar-refractivity contribution in [3.63, 3.8) is 0 Å². The van der Waals surface area contributed by atoms with E-state index in [1.54, 1.807) is 28.8 Å². The van der Waals surface area contributed by atoms with Crippen LogP contribution in [0.4, 0.5) is 0 Å². The molecule has 1 atom stereocenters. The number of sulfone groups is 1. The number of rotatable bonds is 4. The molecule has 31 heavy (non-hydrogen) atoms. The van der Waals surface area contributed by atoms with Gasteiger partial charge in [0.05, 0.1) is 42.4 Å². The molecule has 3 aromatic rings. The number of benzene rings is 2. The number of aromatic nitrogens is 1. The van der Waals surface area contributed by atoms with Crippen molar-refractivity contribution in [2.75, 3.05) is 25.7 Å². The van der Waals surface area contributed by atoms with E-state index in [9.17, 15) is 18.0 Å². The number of ketones is 1. The van der Waals surface area contributed by atoms with Gasteiger partial charge in [0.1, 0.15) is 0 Å². The van der Waals surface area contributed by atoms with Gasteiger partial charge in [-0.1, -0.05) is 24.3 Å². The van der Waals surface area contributed by atoms with Crippen LogP contribution >= 0.6 is 0 Å². The Morgan fingerprint density at radius 3 is 2.42 bits per heavy atom. The van der Waals surface area contributed by atoms with Crippen molar-refractivity contribution in [2.24, 2.45) is 5.92 Å². The molecular formula is C23H21NO6S. The molecule has 1 aromatic heterocycles. The number of pyridine rings is 1. The van der Waals surface area contributed by atoms with Gasteiger partial charge in [-0.25, -0.2) is 8.42 Å². The smallest absolute Gasteiger partial charge is 0.262 e. The SMILES string of the molecule is COc1ccc2c3c(n(CC4CCS(=O)(=O)C4)c(=O)c2c1OC)-c1ccccc1C3=O. The third-order valence-corrected chi connectivity index (χ3v) is 8.04. The van der Waals surface area contributed by atoms with Gasteiger partial charge in [-0.05, 0) is 24.5 Å². The van der Waals surface area contributed by atoms with Crippen LogP contribution in [0.2, 0.25) is 0 Å². The van der Waals surface area contributed by atoms with Crippen molar-refractivity contribution in [2.45, 2.75) is 13.0 Å². The first-order valence-corrected chi connectivity index (χ1v) is 11.8. The average molecular weight is 439 g/mol. The van der Waals surface area contributed by atoms with Gasteiger partial charge in [0, 0.05) is 23.1 Å². The van der Waals surface area contributed by atoms with Crippen molar-refractivity contribution in [1.29, 1.82) is 0 Å². The minimum absolute atomic E-state index is 0.0388. The summed E-state index contributed by atoms with van der Waals surface area (Å²) in [6.45, 7) is 0.221. The van der Waals surface area contributed by atoms with Crippen LogP contribution < -0.4 is 15.0 Å². The van der Waals surface area contributed by atoms with Crippen LogP contribution in [0, 0.1) is 5.92 Å². The van der Waals surface area contributed by atoms with Gasteiger partial charge in [0.25, 0.3) is 5.56 Å². The normalized spacial score (nSPS) is 18.8. The van der Waals surface area contributed by atoms with Crippen LogP contribution in [0.1, 0.15) is 22.3 Å². The number of hydrogen-bond acceptors (Lipinski definition) is 6. The van der Waals surface area contributed by atoms with Crippen molar-refractivity contribution in [3.05, 3.63) is 57.9 Å². The van der Waals surface area contributed by atoms with E-state index in [1.165, 1.54) is 14.2 Å². The van der Waals surface area contributed by atoms with E-state index >= 15 is 0 Å². The van der Waals surface area contributed by atoms with E-state index in [4.69, 9.17) is 9.47 Å². The van der Waals surface area contributed by atoms with Crippen molar-refractivity contribution in [3.8, 4) is 22.8 Å². The third kappa shape index (κ3) is 2.89. The van der Waals surface area contributed by atoms with E-state index < -0.39 is 9.84 Å². The summed E-state index contributed by atoms with van der Waals surface area (Å²) >= 11 is 0. The summed E-state index contributed by atoms with van der Waals surface area (Å²) in [6, 6.07) is 10.6. The minimum Gasteiger partial charge on any atom is -0.493 e. The highest BCUT2D eigenvalue weighted by Gasteiger charge is 2.36. The zero-order valence-electron chi connectivity index (χ0n) is 17.2. The lowest BCUT2D eigenvalue weighted by Crippen LogP contribution is -2.27. The van der Waals surface area contributed by atoms with E-state index in [2.05, 4.69) is 0 Å². The monoisotopic (exact) mass is 439 g/mol. The molecule has 5 rings (SSSR count). The summed E-state index contributed by atoms with van der Waals surface area (Å²) in [6.07, 6.45) is 0.492. The van der Waals surface area contributed by atoms with Crippen LogP contribution in [0.15, 0.2) is 41.2 Å². The van der Waals surface area contributed by atoms with Crippen molar-refractivity contribution >= 4 is 26.4 Å². The van der Waals surface area contributed by atoms with E-state index in [0.29, 0.717) is 39.9 Å². The van der Waals surface area contributed by atoms with E-state index in [1.807, 2.05) is 12.1 Å². The molecule has 1 fully saturated rings. The predicted octanol–water partition coefficient (Wildman–Crippen LogP) is 2.66. The molecule has 2 aliphatic rings. The fraction of sp³-hybridized carbons (Fsp3) is 0.304. The molecule has 1 aliphatic carbocycles. The maximum atomic E-state index is 13.8. The van der Waals surface area contributed by atoms with Gasteiger partial charge in [0.15, 0.2) is 27.1 Å². The largest absolute Gasteiger partial charge is 0.493 e. The first-order chi connectivity index (χ1) is 14.9. The van der Waals surface area contributed by atoms with Crippen LogP contribution in [0.5, 0.6) is 11.5 Å². The molecule has 8 heteroatoms. The molecule has 0 saturated carbocycles. The first kappa shape index (κ1) is 19.8. The maximum Gasteiger partial charge on any atom is 0.262 e. The zero-order chi connectivity index (χ0) is 21.9. The minimum atomic E-state index is -3.11. The molecule has 1 unspecified atom stereocenters. The maximum absolute atomic E-state index is 13.8. The summed E-state index contributed by atoms with van der Waals surface area (Å²) in [5.41, 5.74) is 1.90. The molecule has 1 aliphatic heterocycles. The Kier molecular flexibility index (Phi) is 4.44. The highest BCUT2D eigenvalue weighted by atomic mass is 32.2. The van der Waals surface area contributed by atoms with Crippen molar-refractivity contribution < 1.29 is 22.7 Å². The number of carbonyl (C=O) groups excluding carboxylic acids is 1. The first-order valence-electron chi connectivity index (χ1n) is 10.0. The summed E-state index contributed by atoms with van der Waals surface area (Å²) < 4.78 is 36.5. The second-order valence-corrected chi connectivity index (χ2v) is 10.2. The number of carbonyl (C=O) groups is 1. The lowest BCUT2D eigenvalue weighted by molar-refractivity contribution is 0.104. The van der Waals surface area contributed by atoms with E-state index in [0.717, 1.165) is 0 Å². The topological polar surface area (TPSA) is 91.7 Å². The Morgan fingerprint density at radius 1 is 1.03 bits per heavy atom. The van der Waals surface area contributed by atoms with Crippen LogP contribution in [0.3, 0.4) is 0 Å². The molecule has 7 nitrogen and oxygen atoms in total. The lowest BCUT2D eigenvalue weighted by atomic mass is 10.0. The van der Waals surface area contributed by atoms with Gasteiger partial charge in [-0.2, -0.15) is 0 Å². The van der Waals surface area contributed by atoms with E-state index in [-0.39, 0.29) is 46.4 Å². The standard InChI is InChI=1S/C23H21NO6S/c1-29-17-8-7-16-18-20(14-5-3-4-6-15(14)21(18)25)24(23(26)19(16)22(17)30-2)11-13-9-10-31(27,28)12-13/h3-8,13H,9-12H2,1-2H3. The number of fused-ring (bicyclic) bond motifs is 5. The number of ether oxygens (including phenoxy) is 2. The molecule has 0 spiro atoms. The third-order valence-electron chi connectivity index (χ3n) is 6.20. The van der Waals surface area contributed by atoms with Crippen LogP contribution in [-0.4, -0.2) is 44.5 Å². The molecule has 0 amide bonds. The highest BCUT2D eigenvalue weighted by molar-refractivity contribution is 7.91. The number of nitrogens with zero attached hydrogens (tertiary/aromatic N) is 1. The molecule has 2 aromatic carbocycles. The van der Waals surface area contributed by atoms with Gasteiger partial charge in [-0.3, -0.25) is 9.59 Å². The summed E-state index contributed by atoms with van der Waals surface area (Å²) in [4.78, 5) is 27.1. The second-order valence-electron chi connectivity index (χ2n) is 8.01. The Bertz CT molecular complexity index is 1420. The van der Waals surface area contributed by atoms with Gasteiger partial charge in [-0.15, -0.1) is 0 Å². The van der Waals surface area contributed by atoms with Crippen molar-refractivity contribution in [1.82, 2.24) is 4.57 Å². The molecule has 160 valence electrons. The molecule has 0 radical (unpaired) electrons. The molecule has 1 saturated heterocycles. The van der Waals surface area contributed by atoms with Gasteiger partial charge >= 0.3 is 0 Å². The molecular weight excluding hydrogens is 418 g/mol. The quantitative estimate of drug-likeness (QED) is 0.486. The summed E-state index contributed by atoms with van der Waals surface area (Å²) in [5, 5.41) is 0.775.